The van der Waals surface area contributed by atoms with Crippen LogP contribution in [0.3, 0.4) is 0 Å². The fourth-order valence-corrected chi connectivity index (χ4v) is 4.85. The van der Waals surface area contributed by atoms with Crippen LogP contribution in [0.1, 0.15) is 18.5 Å². The van der Waals surface area contributed by atoms with Gasteiger partial charge in [0.15, 0.2) is 0 Å². The SMILES string of the molecule is NC(=O)N1C2CCC1CN(Cc1c(-c3ccc(Cl)cc3)nc3ccccn13)C2. The highest BCUT2D eigenvalue weighted by molar-refractivity contribution is 6.30. The number of hydrogen-bond acceptors (Lipinski definition) is 3. The highest BCUT2D eigenvalue weighted by atomic mass is 35.5. The number of fused-ring (bicyclic) bond motifs is 3. The second-order valence-corrected chi connectivity index (χ2v) is 8.10. The average molecular weight is 396 g/mol. The molecule has 1 aromatic carbocycles. The quantitative estimate of drug-likeness (QED) is 0.739. The molecule has 2 amide bonds. The Balaban J connectivity index is 1.50. The van der Waals surface area contributed by atoms with Gasteiger partial charge >= 0.3 is 6.03 Å². The summed E-state index contributed by atoms with van der Waals surface area (Å²) in [5.74, 6) is 0. The third kappa shape index (κ3) is 2.93. The molecule has 2 aliphatic heterocycles. The summed E-state index contributed by atoms with van der Waals surface area (Å²) in [7, 11) is 0. The lowest BCUT2D eigenvalue weighted by atomic mass is 10.1. The van der Waals surface area contributed by atoms with E-state index in [2.05, 4.69) is 15.5 Å². The number of hydrogen-bond donors (Lipinski definition) is 1. The summed E-state index contributed by atoms with van der Waals surface area (Å²) in [5.41, 5.74) is 9.73. The Kier molecular flexibility index (Phi) is 4.25. The van der Waals surface area contributed by atoms with Gasteiger partial charge in [-0.2, -0.15) is 0 Å². The number of halogens is 1. The van der Waals surface area contributed by atoms with Gasteiger partial charge in [-0.25, -0.2) is 9.78 Å². The van der Waals surface area contributed by atoms with Crippen molar-refractivity contribution < 1.29 is 4.79 Å². The van der Waals surface area contributed by atoms with E-state index in [1.54, 1.807) is 0 Å². The summed E-state index contributed by atoms with van der Waals surface area (Å²) in [6.45, 7) is 2.47. The zero-order chi connectivity index (χ0) is 19.3. The molecule has 144 valence electrons. The van der Waals surface area contributed by atoms with Gasteiger partial charge in [-0.15, -0.1) is 0 Å². The van der Waals surface area contributed by atoms with Gasteiger partial charge in [-0.3, -0.25) is 4.90 Å². The molecule has 0 saturated carbocycles. The van der Waals surface area contributed by atoms with Crippen molar-refractivity contribution in [2.45, 2.75) is 31.5 Å². The number of nitrogens with zero attached hydrogens (tertiary/aromatic N) is 4. The number of aromatic nitrogens is 2. The molecule has 0 spiro atoms. The molecule has 5 rings (SSSR count). The van der Waals surface area contributed by atoms with Gasteiger partial charge < -0.3 is 15.0 Å². The van der Waals surface area contributed by atoms with Crippen molar-refractivity contribution in [3.8, 4) is 11.3 Å². The average Bonchev–Trinajstić information content (AvgIpc) is 3.18. The number of nitrogens with two attached hydrogens (primary N) is 1. The minimum Gasteiger partial charge on any atom is -0.351 e. The number of pyridine rings is 1. The zero-order valence-electron chi connectivity index (χ0n) is 15.5. The Morgan fingerprint density at radius 2 is 1.82 bits per heavy atom. The van der Waals surface area contributed by atoms with Gasteiger partial charge in [0, 0.05) is 48.5 Å². The Hall–Kier alpha value is -2.57. The lowest BCUT2D eigenvalue weighted by Crippen LogP contribution is -2.56. The number of likely N-dealkylation sites (tertiary alicyclic amines) is 1. The molecule has 2 aliphatic rings. The molecule has 0 radical (unpaired) electrons. The zero-order valence-corrected chi connectivity index (χ0v) is 16.2. The molecule has 0 aliphatic carbocycles. The fourth-order valence-electron chi connectivity index (χ4n) is 4.73. The molecule has 2 N–H and O–H groups in total. The van der Waals surface area contributed by atoms with Crippen molar-refractivity contribution in [2.24, 2.45) is 5.73 Å². The Morgan fingerprint density at radius 1 is 1.11 bits per heavy atom. The van der Waals surface area contributed by atoms with E-state index in [0.29, 0.717) is 5.02 Å². The summed E-state index contributed by atoms with van der Waals surface area (Å²) in [6.07, 6.45) is 4.12. The number of imidazole rings is 1. The number of benzene rings is 1. The van der Waals surface area contributed by atoms with Gasteiger partial charge in [-0.1, -0.05) is 29.8 Å². The molecule has 2 unspecified atom stereocenters. The van der Waals surface area contributed by atoms with Crippen LogP contribution in [0.5, 0.6) is 0 Å². The van der Waals surface area contributed by atoms with Crippen LogP contribution in [0, 0.1) is 0 Å². The molecule has 2 fully saturated rings. The van der Waals surface area contributed by atoms with Crippen LogP contribution in [0.15, 0.2) is 48.7 Å². The van der Waals surface area contributed by atoms with Crippen LogP contribution in [-0.4, -0.2) is 50.4 Å². The third-order valence-electron chi connectivity index (χ3n) is 5.93. The van der Waals surface area contributed by atoms with Crippen LogP contribution in [-0.2, 0) is 6.54 Å². The Bertz CT molecular complexity index is 1020. The van der Waals surface area contributed by atoms with Gasteiger partial charge in [-0.05, 0) is 37.1 Å². The summed E-state index contributed by atoms with van der Waals surface area (Å²) in [5, 5.41) is 0.716. The third-order valence-corrected chi connectivity index (χ3v) is 6.18. The molecule has 7 heteroatoms. The minimum absolute atomic E-state index is 0.217. The molecule has 2 atom stereocenters. The maximum atomic E-state index is 11.8. The van der Waals surface area contributed by atoms with Gasteiger partial charge in [0.25, 0.3) is 0 Å². The van der Waals surface area contributed by atoms with Crippen molar-refractivity contribution >= 4 is 23.3 Å². The van der Waals surface area contributed by atoms with E-state index in [1.807, 2.05) is 47.4 Å². The summed E-state index contributed by atoms with van der Waals surface area (Å²) in [6, 6.07) is 14.0. The monoisotopic (exact) mass is 395 g/mol. The van der Waals surface area contributed by atoms with Crippen molar-refractivity contribution in [3.05, 3.63) is 59.4 Å². The van der Waals surface area contributed by atoms with Crippen LogP contribution < -0.4 is 5.73 Å². The van der Waals surface area contributed by atoms with E-state index in [1.165, 1.54) is 0 Å². The highest BCUT2D eigenvalue weighted by Gasteiger charge is 2.42. The van der Waals surface area contributed by atoms with Crippen LogP contribution >= 0.6 is 11.6 Å². The van der Waals surface area contributed by atoms with E-state index in [9.17, 15) is 4.79 Å². The summed E-state index contributed by atoms with van der Waals surface area (Å²) < 4.78 is 2.16. The number of rotatable bonds is 3. The molecule has 6 nitrogen and oxygen atoms in total. The first kappa shape index (κ1) is 17.5. The highest BCUT2D eigenvalue weighted by Crippen LogP contribution is 2.32. The first-order valence-electron chi connectivity index (χ1n) is 9.62. The second kappa shape index (κ2) is 6.79. The summed E-state index contributed by atoms with van der Waals surface area (Å²) >= 11 is 6.08. The van der Waals surface area contributed by atoms with Crippen molar-refractivity contribution in [2.75, 3.05) is 13.1 Å². The van der Waals surface area contributed by atoms with Crippen molar-refractivity contribution in [1.29, 1.82) is 0 Å². The summed E-state index contributed by atoms with van der Waals surface area (Å²) in [4.78, 5) is 21.0. The normalized spacial score (nSPS) is 22.1. The predicted octanol–water partition coefficient (Wildman–Crippen LogP) is 3.38. The first-order chi connectivity index (χ1) is 13.6. The smallest absolute Gasteiger partial charge is 0.315 e. The standard InChI is InChI=1S/C21H22ClN5O/c22-15-6-4-14(5-7-15)20-18(26-10-2-1-3-19(26)24-20)13-25-11-16-8-9-17(12-25)27(16)21(23)28/h1-7,10,16-17H,8-9,11-13H2,(H2,23,28). The molecular formula is C21H22ClN5O. The maximum Gasteiger partial charge on any atom is 0.315 e. The van der Waals surface area contributed by atoms with Gasteiger partial charge in [0.05, 0.1) is 11.4 Å². The topological polar surface area (TPSA) is 66.9 Å². The van der Waals surface area contributed by atoms with E-state index in [-0.39, 0.29) is 18.1 Å². The van der Waals surface area contributed by atoms with Gasteiger partial charge in [0.2, 0.25) is 0 Å². The minimum atomic E-state index is -0.288. The number of urea groups is 1. The largest absolute Gasteiger partial charge is 0.351 e. The lowest BCUT2D eigenvalue weighted by molar-refractivity contribution is 0.0875. The number of amides is 2. The Labute approximate surface area is 168 Å². The molecule has 2 aromatic heterocycles. The van der Waals surface area contributed by atoms with E-state index in [0.717, 1.165) is 55.1 Å². The Morgan fingerprint density at radius 3 is 2.50 bits per heavy atom. The van der Waals surface area contributed by atoms with Crippen LogP contribution in [0.4, 0.5) is 4.79 Å². The number of piperazine rings is 1. The number of carbonyl (C=O) groups excluding carboxylic acids is 1. The maximum absolute atomic E-state index is 11.8. The number of primary amides is 1. The van der Waals surface area contributed by atoms with E-state index >= 15 is 0 Å². The van der Waals surface area contributed by atoms with E-state index < -0.39 is 0 Å². The fraction of sp³-hybridized carbons (Fsp3) is 0.333. The van der Waals surface area contributed by atoms with E-state index in [4.69, 9.17) is 22.3 Å². The van der Waals surface area contributed by atoms with Crippen LogP contribution in [0.25, 0.3) is 16.9 Å². The van der Waals surface area contributed by atoms with Crippen molar-refractivity contribution in [1.82, 2.24) is 19.2 Å². The predicted molar refractivity (Wildman–Crippen MR) is 109 cm³/mol. The lowest BCUT2D eigenvalue weighted by Gasteiger charge is -2.40. The first-order valence-corrected chi connectivity index (χ1v) is 10.00. The molecule has 4 heterocycles. The second-order valence-electron chi connectivity index (χ2n) is 7.67. The molecule has 28 heavy (non-hydrogen) atoms. The van der Waals surface area contributed by atoms with Gasteiger partial charge in [0.1, 0.15) is 5.65 Å². The molecule has 2 bridgehead atoms. The van der Waals surface area contributed by atoms with Crippen molar-refractivity contribution in [3.63, 3.8) is 0 Å². The molecule has 3 aromatic rings. The number of carbonyl (C=O) groups is 1. The molecular weight excluding hydrogens is 374 g/mol. The molecule has 2 saturated heterocycles. The van der Waals surface area contributed by atoms with Crippen LogP contribution in [0.2, 0.25) is 5.02 Å².